The van der Waals surface area contributed by atoms with E-state index in [4.69, 9.17) is 14.1 Å². The monoisotopic (exact) mass is 457 g/mol. The number of furan rings is 1. The van der Waals surface area contributed by atoms with Crippen LogP contribution < -0.4 is 9.64 Å². The summed E-state index contributed by atoms with van der Waals surface area (Å²) >= 11 is 1.50. The van der Waals surface area contributed by atoms with Gasteiger partial charge in [0.05, 0.1) is 23.4 Å². The first-order valence-corrected chi connectivity index (χ1v) is 11.6. The van der Waals surface area contributed by atoms with Crippen molar-refractivity contribution in [1.82, 2.24) is 9.97 Å². The minimum atomic E-state index is -0.258. The lowest BCUT2D eigenvalue weighted by atomic mass is 10.1. The molecule has 0 N–H and O–H groups in total. The largest absolute Gasteiger partial charge is 0.490 e. The van der Waals surface area contributed by atoms with Crippen molar-refractivity contribution in [2.45, 2.75) is 27.3 Å². The summed E-state index contributed by atoms with van der Waals surface area (Å²) in [5.74, 6) is 0.609. The van der Waals surface area contributed by atoms with Crippen molar-refractivity contribution in [3.05, 3.63) is 83.4 Å². The number of para-hydroxylation sites is 1. The molecule has 0 unspecified atom stereocenters. The summed E-state index contributed by atoms with van der Waals surface area (Å²) < 4.78 is 12.7. The molecular formula is C26H23N3O3S. The highest BCUT2D eigenvalue weighted by atomic mass is 32.1. The van der Waals surface area contributed by atoms with Crippen molar-refractivity contribution >= 4 is 43.6 Å². The third-order valence-corrected chi connectivity index (χ3v) is 6.68. The Hall–Kier alpha value is -3.71. The molecule has 3 aromatic heterocycles. The topological polar surface area (TPSA) is 68.5 Å². The van der Waals surface area contributed by atoms with Gasteiger partial charge in [-0.1, -0.05) is 35.6 Å². The number of carbonyl (C=O) groups is 1. The van der Waals surface area contributed by atoms with Gasteiger partial charge in [-0.25, -0.2) is 4.98 Å². The molecule has 0 radical (unpaired) electrons. The van der Waals surface area contributed by atoms with E-state index < -0.39 is 0 Å². The number of aryl methyl sites for hydroxylation is 2. The molecule has 0 aliphatic carbocycles. The number of rotatable bonds is 6. The Balaban J connectivity index is 1.60. The Kier molecular flexibility index (Phi) is 5.56. The van der Waals surface area contributed by atoms with Crippen molar-refractivity contribution in [1.29, 1.82) is 0 Å². The summed E-state index contributed by atoms with van der Waals surface area (Å²) in [5, 5.41) is 1.44. The van der Waals surface area contributed by atoms with E-state index in [9.17, 15) is 4.79 Å². The number of ether oxygens (including phenoxy) is 1. The fourth-order valence-corrected chi connectivity index (χ4v) is 4.80. The molecule has 0 aliphatic rings. The Morgan fingerprint density at radius 3 is 2.82 bits per heavy atom. The third-order valence-electron chi connectivity index (χ3n) is 5.63. The molecule has 0 atom stereocenters. The number of pyridine rings is 1. The molecule has 0 fully saturated rings. The number of aromatic nitrogens is 2. The number of fused-ring (bicyclic) bond motifs is 2. The molecule has 0 aliphatic heterocycles. The van der Waals surface area contributed by atoms with Crippen molar-refractivity contribution in [3.8, 4) is 5.75 Å². The maximum absolute atomic E-state index is 13.8. The van der Waals surface area contributed by atoms with E-state index in [1.807, 2.05) is 37.3 Å². The number of hydrogen-bond donors (Lipinski definition) is 0. The maximum atomic E-state index is 13.8. The maximum Gasteiger partial charge on any atom is 0.296 e. The van der Waals surface area contributed by atoms with Gasteiger partial charge >= 0.3 is 0 Å². The second kappa shape index (κ2) is 8.67. The van der Waals surface area contributed by atoms with E-state index in [1.165, 1.54) is 16.9 Å². The first-order valence-electron chi connectivity index (χ1n) is 10.8. The summed E-state index contributed by atoms with van der Waals surface area (Å²) in [4.78, 5) is 24.5. The molecule has 0 spiro atoms. The van der Waals surface area contributed by atoms with Gasteiger partial charge in [-0.3, -0.25) is 14.7 Å². The van der Waals surface area contributed by atoms with E-state index >= 15 is 0 Å². The number of thiazole rings is 1. The molecule has 6 nitrogen and oxygen atoms in total. The highest BCUT2D eigenvalue weighted by Gasteiger charge is 2.26. The molecule has 2 aromatic carbocycles. The van der Waals surface area contributed by atoms with Crippen molar-refractivity contribution in [2.75, 3.05) is 11.5 Å². The van der Waals surface area contributed by atoms with E-state index in [-0.39, 0.29) is 11.7 Å². The standard InChI is InChI=1S/C26H23N3O3S/c1-4-31-20-9-5-8-19-13-21(32-24(19)20)25(30)29(15-18-7-6-12-27-14-18)26-28-23-17(3)16(2)10-11-22(23)33-26/h5-14H,4,15H2,1-3H3. The highest BCUT2D eigenvalue weighted by Crippen LogP contribution is 2.35. The molecule has 5 rings (SSSR count). The number of carbonyl (C=O) groups excluding carboxylic acids is 1. The first-order chi connectivity index (χ1) is 16.0. The van der Waals surface area contributed by atoms with Crippen LogP contribution in [0.5, 0.6) is 5.75 Å². The molecule has 33 heavy (non-hydrogen) atoms. The molecule has 166 valence electrons. The van der Waals surface area contributed by atoms with Crippen molar-refractivity contribution in [3.63, 3.8) is 0 Å². The normalized spacial score (nSPS) is 11.2. The van der Waals surface area contributed by atoms with Gasteiger partial charge in [0.15, 0.2) is 22.2 Å². The van der Waals surface area contributed by atoms with Crippen LogP contribution >= 0.6 is 11.3 Å². The van der Waals surface area contributed by atoms with Crippen LogP contribution in [0.15, 0.2) is 65.3 Å². The molecule has 0 bridgehead atoms. The van der Waals surface area contributed by atoms with Gasteiger partial charge in [0.2, 0.25) is 0 Å². The van der Waals surface area contributed by atoms with Gasteiger partial charge in [-0.05, 0) is 61.7 Å². The van der Waals surface area contributed by atoms with Crippen LogP contribution in [-0.4, -0.2) is 22.5 Å². The molecule has 5 aromatic rings. The van der Waals surface area contributed by atoms with Crippen molar-refractivity contribution in [2.24, 2.45) is 0 Å². The lowest BCUT2D eigenvalue weighted by Crippen LogP contribution is -2.30. The summed E-state index contributed by atoms with van der Waals surface area (Å²) in [6, 6.07) is 15.4. The van der Waals surface area contributed by atoms with Crippen LogP contribution in [0.3, 0.4) is 0 Å². The minimum absolute atomic E-state index is 0.244. The molecule has 0 saturated carbocycles. The summed E-state index contributed by atoms with van der Waals surface area (Å²) in [6.07, 6.45) is 3.48. The molecule has 1 amide bonds. The van der Waals surface area contributed by atoms with Crippen LogP contribution in [0.4, 0.5) is 5.13 Å². The molecule has 0 saturated heterocycles. The Morgan fingerprint density at radius 2 is 2.03 bits per heavy atom. The number of nitrogens with zero attached hydrogens (tertiary/aromatic N) is 3. The van der Waals surface area contributed by atoms with Crippen LogP contribution in [0.1, 0.15) is 34.2 Å². The average molecular weight is 458 g/mol. The third kappa shape index (κ3) is 3.96. The van der Waals surface area contributed by atoms with Gasteiger partial charge in [0, 0.05) is 17.8 Å². The second-order valence-electron chi connectivity index (χ2n) is 7.82. The lowest BCUT2D eigenvalue weighted by molar-refractivity contribution is 0.0960. The molecular weight excluding hydrogens is 434 g/mol. The number of anilines is 1. The SMILES string of the molecule is CCOc1cccc2cc(C(=O)N(Cc3cccnc3)c3nc4c(C)c(C)ccc4s3)oc12. The number of amides is 1. The summed E-state index contributed by atoms with van der Waals surface area (Å²) in [6.45, 7) is 6.89. The quantitative estimate of drug-likeness (QED) is 0.299. The van der Waals surface area contributed by atoms with Crippen LogP contribution in [-0.2, 0) is 6.54 Å². The zero-order valence-electron chi connectivity index (χ0n) is 18.7. The van der Waals surface area contributed by atoms with E-state index in [0.29, 0.717) is 29.6 Å². The Morgan fingerprint density at radius 1 is 1.15 bits per heavy atom. The Labute approximate surface area is 195 Å². The number of hydrogen-bond acceptors (Lipinski definition) is 6. The predicted molar refractivity (Wildman–Crippen MR) is 131 cm³/mol. The lowest BCUT2D eigenvalue weighted by Gasteiger charge is -2.18. The zero-order valence-corrected chi connectivity index (χ0v) is 19.5. The Bertz CT molecular complexity index is 1460. The fourth-order valence-electron chi connectivity index (χ4n) is 3.77. The van der Waals surface area contributed by atoms with Crippen LogP contribution in [0.25, 0.3) is 21.2 Å². The average Bonchev–Trinajstić information content (AvgIpc) is 3.46. The summed E-state index contributed by atoms with van der Waals surface area (Å²) in [5.41, 5.74) is 4.69. The van der Waals surface area contributed by atoms with E-state index in [2.05, 4.69) is 31.0 Å². The predicted octanol–water partition coefficient (Wildman–Crippen LogP) is 6.30. The summed E-state index contributed by atoms with van der Waals surface area (Å²) in [7, 11) is 0. The smallest absolute Gasteiger partial charge is 0.296 e. The number of benzene rings is 2. The van der Waals surface area contributed by atoms with Crippen LogP contribution in [0, 0.1) is 13.8 Å². The molecule has 3 heterocycles. The zero-order chi connectivity index (χ0) is 22.9. The van der Waals surface area contributed by atoms with Gasteiger partial charge in [-0.15, -0.1) is 0 Å². The van der Waals surface area contributed by atoms with Gasteiger partial charge in [0.1, 0.15) is 0 Å². The van der Waals surface area contributed by atoms with Gasteiger partial charge in [0.25, 0.3) is 5.91 Å². The second-order valence-corrected chi connectivity index (χ2v) is 8.83. The van der Waals surface area contributed by atoms with E-state index in [0.717, 1.165) is 26.7 Å². The minimum Gasteiger partial charge on any atom is -0.490 e. The van der Waals surface area contributed by atoms with Crippen LogP contribution in [0.2, 0.25) is 0 Å². The molecule has 7 heteroatoms. The van der Waals surface area contributed by atoms with Gasteiger partial charge in [-0.2, -0.15) is 0 Å². The van der Waals surface area contributed by atoms with Crippen molar-refractivity contribution < 1.29 is 13.9 Å². The van der Waals surface area contributed by atoms with Gasteiger partial charge < -0.3 is 9.15 Å². The highest BCUT2D eigenvalue weighted by molar-refractivity contribution is 7.22. The fraction of sp³-hybridized carbons (Fsp3) is 0.192. The van der Waals surface area contributed by atoms with E-state index in [1.54, 1.807) is 23.4 Å². The first kappa shape index (κ1) is 21.2.